The molecule has 30 heavy (non-hydrogen) atoms. The van der Waals surface area contributed by atoms with Crippen molar-refractivity contribution in [2.75, 3.05) is 18.4 Å². The molecule has 3 aliphatic rings. The maximum atomic E-state index is 13.5. The first-order chi connectivity index (χ1) is 14.6. The second-order valence-corrected chi connectivity index (χ2v) is 9.78. The summed E-state index contributed by atoms with van der Waals surface area (Å²) in [7, 11) is 0. The number of aryl methyl sites for hydroxylation is 1. The van der Waals surface area contributed by atoms with Crippen LogP contribution in [-0.4, -0.2) is 44.5 Å². The maximum absolute atomic E-state index is 13.5. The number of carbonyl (C=O) groups is 1. The number of thiophene rings is 1. The molecule has 2 aliphatic heterocycles. The fraction of sp³-hybridized carbons (Fsp3) is 0.455. The lowest BCUT2D eigenvalue weighted by Crippen LogP contribution is -2.49. The average Bonchev–Trinajstić information content (AvgIpc) is 3.49. The lowest BCUT2D eigenvalue weighted by molar-refractivity contribution is 0.0599. The van der Waals surface area contributed by atoms with E-state index in [4.69, 9.17) is 0 Å². The first kappa shape index (κ1) is 18.1. The second kappa shape index (κ2) is 6.63. The Morgan fingerprint density at radius 3 is 2.90 bits per heavy atom. The lowest BCUT2D eigenvalue weighted by Gasteiger charge is -2.42. The second-order valence-electron chi connectivity index (χ2n) is 8.79. The Bertz CT molecular complexity index is 1230. The summed E-state index contributed by atoms with van der Waals surface area (Å²) in [5.74, 6) is 1.47. The monoisotopic (exact) mass is 421 g/mol. The van der Waals surface area contributed by atoms with Gasteiger partial charge in [-0.15, -0.1) is 11.3 Å². The van der Waals surface area contributed by atoms with Gasteiger partial charge in [0.25, 0.3) is 11.5 Å². The van der Waals surface area contributed by atoms with Crippen LogP contribution in [0.5, 0.6) is 0 Å². The third kappa shape index (κ3) is 2.85. The first-order valence-electron chi connectivity index (χ1n) is 10.6. The van der Waals surface area contributed by atoms with Gasteiger partial charge in [0, 0.05) is 43.4 Å². The van der Waals surface area contributed by atoms with Crippen molar-refractivity contribution in [2.45, 2.75) is 44.7 Å². The molecule has 8 heteroatoms. The fourth-order valence-corrected chi connectivity index (χ4v) is 6.13. The van der Waals surface area contributed by atoms with E-state index in [1.54, 1.807) is 12.4 Å². The van der Waals surface area contributed by atoms with Gasteiger partial charge < -0.3 is 14.8 Å². The Labute approximate surface area is 177 Å². The Kier molecular flexibility index (Phi) is 3.99. The van der Waals surface area contributed by atoms with Gasteiger partial charge in [0.15, 0.2) is 0 Å². The summed E-state index contributed by atoms with van der Waals surface area (Å²) in [5.41, 5.74) is 2.10. The lowest BCUT2D eigenvalue weighted by atomic mass is 9.83. The number of nitrogens with one attached hydrogen (secondary N) is 1. The van der Waals surface area contributed by atoms with Gasteiger partial charge in [-0.05, 0) is 43.7 Å². The number of nitrogens with zero attached hydrogens (tertiary/aromatic N) is 4. The number of carbonyl (C=O) groups excluding carboxylic acids is 1. The van der Waals surface area contributed by atoms with Crippen LogP contribution in [0.2, 0.25) is 0 Å². The highest BCUT2D eigenvalue weighted by molar-refractivity contribution is 7.20. The van der Waals surface area contributed by atoms with E-state index in [1.165, 1.54) is 24.2 Å². The molecule has 154 valence electrons. The number of fused-ring (bicyclic) bond motifs is 5. The van der Waals surface area contributed by atoms with E-state index in [1.807, 2.05) is 28.5 Å². The summed E-state index contributed by atoms with van der Waals surface area (Å²) < 4.78 is 1.90. The minimum Gasteiger partial charge on any atom is -0.367 e. The van der Waals surface area contributed by atoms with E-state index in [2.05, 4.69) is 15.3 Å². The van der Waals surface area contributed by atoms with Crippen molar-refractivity contribution < 1.29 is 4.79 Å². The first-order valence-corrected chi connectivity index (χ1v) is 11.4. The molecular formula is C22H23N5O2S. The van der Waals surface area contributed by atoms with Gasteiger partial charge in [-0.25, -0.2) is 9.97 Å². The number of anilines is 1. The predicted octanol–water partition coefficient (Wildman–Crippen LogP) is 3.00. The summed E-state index contributed by atoms with van der Waals surface area (Å²) in [6.45, 7) is 4.06. The van der Waals surface area contributed by atoms with E-state index in [9.17, 15) is 9.59 Å². The molecule has 0 aromatic carbocycles. The zero-order valence-corrected chi connectivity index (χ0v) is 17.6. The summed E-state index contributed by atoms with van der Waals surface area (Å²) in [4.78, 5) is 38.3. The molecule has 1 amide bonds. The topological polar surface area (TPSA) is 80.1 Å². The molecule has 6 rings (SSSR count). The van der Waals surface area contributed by atoms with Crippen LogP contribution in [0.4, 0.5) is 5.82 Å². The van der Waals surface area contributed by atoms with Crippen molar-refractivity contribution in [3.05, 3.63) is 51.0 Å². The summed E-state index contributed by atoms with van der Waals surface area (Å²) in [5, 5.41) is 4.46. The highest BCUT2D eigenvalue weighted by atomic mass is 32.1. The van der Waals surface area contributed by atoms with Crippen LogP contribution in [0.1, 0.15) is 46.1 Å². The van der Waals surface area contributed by atoms with E-state index in [-0.39, 0.29) is 17.4 Å². The molecule has 0 radical (unpaired) electrons. The molecule has 1 saturated heterocycles. The Morgan fingerprint density at radius 1 is 1.20 bits per heavy atom. The van der Waals surface area contributed by atoms with Crippen LogP contribution in [0.25, 0.3) is 10.2 Å². The number of hydrogen-bond donors (Lipinski definition) is 1. The molecule has 1 N–H and O–H groups in total. The number of amides is 1. The highest BCUT2D eigenvalue weighted by Crippen LogP contribution is 2.39. The van der Waals surface area contributed by atoms with Crippen LogP contribution in [-0.2, 0) is 6.54 Å². The quantitative estimate of drug-likeness (QED) is 0.703. The van der Waals surface area contributed by atoms with Gasteiger partial charge in [-0.1, -0.05) is 6.07 Å². The highest BCUT2D eigenvalue weighted by Gasteiger charge is 2.37. The summed E-state index contributed by atoms with van der Waals surface area (Å²) in [6.07, 6.45) is 4.96. The Morgan fingerprint density at radius 2 is 2.07 bits per heavy atom. The van der Waals surface area contributed by atoms with Gasteiger partial charge in [0.2, 0.25) is 0 Å². The van der Waals surface area contributed by atoms with Crippen LogP contribution in [0.15, 0.2) is 29.3 Å². The van der Waals surface area contributed by atoms with Gasteiger partial charge >= 0.3 is 0 Å². The van der Waals surface area contributed by atoms with E-state index in [0.717, 1.165) is 38.6 Å². The number of pyridine rings is 1. The summed E-state index contributed by atoms with van der Waals surface area (Å²) in [6, 6.07) is 5.99. The molecule has 2 bridgehead atoms. The number of rotatable bonds is 3. The molecule has 7 nitrogen and oxygen atoms in total. The van der Waals surface area contributed by atoms with Crippen molar-refractivity contribution in [1.29, 1.82) is 0 Å². The average molecular weight is 422 g/mol. The van der Waals surface area contributed by atoms with Crippen LogP contribution in [0, 0.1) is 12.8 Å². The van der Waals surface area contributed by atoms with Gasteiger partial charge in [0.05, 0.1) is 10.3 Å². The zero-order chi connectivity index (χ0) is 20.4. The SMILES string of the molecule is Cc1c(C(=O)N2C[C@@H]3C[C@H](C2)c2cccc(=O)n2C3)sc2ncnc(NC3CC3)c12. The number of likely N-dealkylation sites (tertiary alicyclic amines) is 1. The van der Waals surface area contributed by atoms with Crippen molar-refractivity contribution >= 4 is 33.3 Å². The van der Waals surface area contributed by atoms with E-state index in [0.29, 0.717) is 31.6 Å². The Hall–Kier alpha value is -2.74. The largest absolute Gasteiger partial charge is 0.367 e. The van der Waals surface area contributed by atoms with Crippen LogP contribution >= 0.6 is 11.3 Å². The van der Waals surface area contributed by atoms with Gasteiger partial charge in [0.1, 0.15) is 17.0 Å². The van der Waals surface area contributed by atoms with Crippen LogP contribution in [0.3, 0.4) is 0 Å². The molecule has 2 fully saturated rings. The molecule has 1 saturated carbocycles. The zero-order valence-electron chi connectivity index (χ0n) is 16.8. The molecule has 0 unspecified atom stereocenters. The molecule has 5 heterocycles. The molecular weight excluding hydrogens is 398 g/mol. The van der Waals surface area contributed by atoms with Gasteiger partial charge in [-0.3, -0.25) is 9.59 Å². The number of hydrogen-bond acceptors (Lipinski definition) is 6. The number of aromatic nitrogens is 3. The standard InChI is InChI=1S/C22H23N5O2S/c1-12-18-20(25-15-5-6-15)23-11-24-21(18)30-19(12)22(29)26-8-13-7-14(10-26)16-3-2-4-17(28)27(16)9-13/h2-4,11,13-15H,5-10H2,1H3,(H,23,24,25)/t13-,14+/m0/s1. The normalized spacial score (nSPS) is 22.8. The van der Waals surface area contributed by atoms with Crippen molar-refractivity contribution in [2.24, 2.45) is 5.92 Å². The molecule has 2 atom stereocenters. The Balaban J connectivity index is 1.33. The van der Waals surface area contributed by atoms with E-state index < -0.39 is 0 Å². The minimum absolute atomic E-state index is 0.0663. The van der Waals surface area contributed by atoms with Crippen molar-refractivity contribution in [1.82, 2.24) is 19.4 Å². The number of piperidine rings is 1. The van der Waals surface area contributed by atoms with Crippen molar-refractivity contribution in [3.8, 4) is 0 Å². The third-order valence-corrected chi connectivity index (χ3v) is 7.79. The van der Waals surface area contributed by atoms with E-state index >= 15 is 0 Å². The molecule has 3 aromatic heterocycles. The summed E-state index contributed by atoms with van der Waals surface area (Å²) >= 11 is 1.47. The minimum atomic E-state index is 0.0663. The van der Waals surface area contributed by atoms with Crippen LogP contribution < -0.4 is 10.9 Å². The maximum Gasteiger partial charge on any atom is 0.264 e. The smallest absolute Gasteiger partial charge is 0.264 e. The predicted molar refractivity (Wildman–Crippen MR) is 116 cm³/mol. The van der Waals surface area contributed by atoms with Gasteiger partial charge in [-0.2, -0.15) is 0 Å². The third-order valence-electron chi connectivity index (χ3n) is 6.61. The molecule has 0 spiro atoms. The fourth-order valence-electron chi connectivity index (χ4n) is 5.01. The van der Waals surface area contributed by atoms with Crippen molar-refractivity contribution in [3.63, 3.8) is 0 Å². The molecule has 3 aromatic rings. The molecule has 1 aliphatic carbocycles.